The summed E-state index contributed by atoms with van der Waals surface area (Å²) in [4.78, 5) is 22.4. The van der Waals surface area contributed by atoms with E-state index in [0.717, 1.165) is 25.7 Å². The second-order valence-corrected chi connectivity index (χ2v) is 7.19. The molecule has 5 nitrogen and oxygen atoms in total. The number of nitrogens with one attached hydrogen (secondary N) is 1. The van der Waals surface area contributed by atoms with Crippen molar-refractivity contribution in [2.24, 2.45) is 5.92 Å². The van der Waals surface area contributed by atoms with E-state index in [1.54, 1.807) is 13.8 Å². The topological polar surface area (TPSA) is 80.3 Å². The van der Waals surface area contributed by atoms with E-state index < -0.39 is 15.9 Å². The Bertz CT molecular complexity index is 407. The lowest BCUT2D eigenvalue weighted by molar-refractivity contribution is -0.122. The first-order valence-corrected chi connectivity index (χ1v) is 8.99. The summed E-state index contributed by atoms with van der Waals surface area (Å²) < 4.78 is 25.2. The Balaban J connectivity index is 0. The minimum absolute atomic E-state index is 0. The monoisotopic (exact) mass is 307 g/mol. The van der Waals surface area contributed by atoms with Crippen LogP contribution in [0.4, 0.5) is 0 Å². The van der Waals surface area contributed by atoms with Gasteiger partial charge in [0, 0.05) is 20.2 Å². The molecular weight excluding hydrogens is 278 g/mol. The highest BCUT2D eigenvalue weighted by Crippen LogP contribution is 2.07. The number of unbranched alkanes of at least 4 members (excludes halogenated alkanes) is 4. The normalized spacial score (nSPS) is 11.6. The average Bonchev–Trinajstić information content (AvgIpc) is 2.36. The van der Waals surface area contributed by atoms with Gasteiger partial charge in [-0.25, -0.2) is 8.42 Å². The van der Waals surface area contributed by atoms with Gasteiger partial charge in [-0.1, -0.05) is 40.0 Å². The van der Waals surface area contributed by atoms with Crippen LogP contribution in [0.3, 0.4) is 0 Å². The molecule has 0 saturated carbocycles. The molecule has 1 N–H and O–H groups in total. The number of rotatable bonds is 11. The quantitative estimate of drug-likeness (QED) is 0.595. The van der Waals surface area contributed by atoms with Crippen LogP contribution in [-0.4, -0.2) is 25.9 Å². The lowest BCUT2D eigenvalue weighted by atomic mass is 10.1. The fourth-order valence-electron chi connectivity index (χ4n) is 1.64. The Kier molecular flexibility index (Phi) is 9.46. The molecule has 0 aromatic carbocycles. The predicted molar refractivity (Wildman–Crippen MR) is 81.9 cm³/mol. The highest BCUT2D eigenvalue weighted by molar-refractivity contribution is 7.90. The van der Waals surface area contributed by atoms with Gasteiger partial charge in [-0.15, -0.1) is 0 Å². The van der Waals surface area contributed by atoms with E-state index >= 15 is 0 Å². The molecule has 0 atom stereocenters. The third-order valence-corrected chi connectivity index (χ3v) is 4.38. The van der Waals surface area contributed by atoms with Crippen molar-refractivity contribution in [1.82, 2.24) is 4.72 Å². The lowest BCUT2D eigenvalue weighted by Gasteiger charge is -2.08. The first-order chi connectivity index (χ1) is 9.28. The van der Waals surface area contributed by atoms with Crippen LogP contribution >= 0.6 is 0 Å². The first-order valence-electron chi connectivity index (χ1n) is 7.34. The molecule has 0 aliphatic carbocycles. The Labute approximate surface area is 124 Å². The summed E-state index contributed by atoms with van der Waals surface area (Å²) in [6.45, 7) is 5.17. The molecule has 20 heavy (non-hydrogen) atoms. The van der Waals surface area contributed by atoms with Crippen molar-refractivity contribution in [3.63, 3.8) is 0 Å². The van der Waals surface area contributed by atoms with Crippen molar-refractivity contribution < 1.29 is 19.4 Å². The summed E-state index contributed by atoms with van der Waals surface area (Å²) in [6.07, 6.45) is 5.31. The minimum Gasteiger partial charge on any atom is -0.300 e. The van der Waals surface area contributed by atoms with Crippen molar-refractivity contribution in [3.05, 3.63) is 0 Å². The van der Waals surface area contributed by atoms with Gasteiger partial charge in [-0.3, -0.25) is 14.3 Å². The van der Waals surface area contributed by atoms with E-state index in [0.29, 0.717) is 19.3 Å². The molecule has 0 spiro atoms. The molecule has 6 heteroatoms. The summed E-state index contributed by atoms with van der Waals surface area (Å²) in [5.41, 5.74) is 0. The number of hydrogen-bond acceptors (Lipinski definition) is 4. The van der Waals surface area contributed by atoms with Gasteiger partial charge in [0.15, 0.2) is 0 Å². The van der Waals surface area contributed by atoms with Gasteiger partial charge in [0.1, 0.15) is 5.78 Å². The number of sulfonamides is 1. The van der Waals surface area contributed by atoms with Crippen LogP contribution < -0.4 is 4.72 Å². The molecule has 0 unspecified atom stereocenters. The van der Waals surface area contributed by atoms with Gasteiger partial charge in [-0.2, -0.15) is 0 Å². The van der Waals surface area contributed by atoms with Crippen molar-refractivity contribution in [3.8, 4) is 0 Å². The minimum atomic E-state index is -3.49. The zero-order valence-electron chi connectivity index (χ0n) is 12.8. The number of ketones is 1. The van der Waals surface area contributed by atoms with E-state index in [2.05, 4.69) is 4.72 Å². The largest absolute Gasteiger partial charge is 0.300 e. The van der Waals surface area contributed by atoms with Crippen LogP contribution in [0.1, 0.15) is 67.1 Å². The summed E-state index contributed by atoms with van der Waals surface area (Å²) in [7, 11) is -3.49. The summed E-state index contributed by atoms with van der Waals surface area (Å²) in [5, 5.41) is 0. The summed E-state index contributed by atoms with van der Waals surface area (Å²) in [5.74, 6) is -0.521. The highest BCUT2D eigenvalue weighted by Gasteiger charge is 2.16. The number of hydrogen-bond donors (Lipinski definition) is 1. The first kappa shape index (κ1) is 19.1. The van der Waals surface area contributed by atoms with Crippen LogP contribution in [-0.2, 0) is 19.6 Å². The Morgan fingerprint density at radius 2 is 1.60 bits per heavy atom. The molecule has 0 rings (SSSR count). The molecule has 120 valence electrons. The number of carbonyl (C=O) groups excluding carboxylic acids is 2. The second kappa shape index (κ2) is 9.91. The number of Topliss-reactive ketones (excluding diaryl/α,β-unsaturated/α-hetero) is 1. The van der Waals surface area contributed by atoms with Crippen LogP contribution in [0, 0.1) is 5.92 Å². The van der Waals surface area contributed by atoms with Gasteiger partial charge >= 0.3 is 0 Å². The molecule has 1 amide bonds. The van der Waals surface area contributed by atoms with Crippen molar-refractivity contribution in [1.29, 1.82) is 0 Å². The molecule has 0 aliphatic heterocycles. The summed E-state index contributed by atoms with van der Waals surface area (Å²) >= 11 is 0. The van der Waals surface area contributed by atoms with Crippen LogP contribution in [0.5, 0.6) is 0 Å². The molecule has 0 radical (unpaired) electrons. The zero-order valence-corrected chi connectivity index (χ0v) is 13.6. The molecule has 0 saturated heterocycles. The Morgan fingerprint density at radius 3 is 2.15 bits per heavy atom. The van der Waals surface area contributed by atoms with Crippen LogP contribution in [0.25, 0.3) is 0 Å². The lowest BCUT2D eigenvalue weighted by Crippen LogP contribution is -2.35. The van der Waals surface area contributed by atoms with Gasteiger partial charge in [0.25, 0.3) is 0 Å². The standard InChI is InChI=1S/C14H27NO4S.H2/c1-4-13(16)10-8-6-5-7-9-11-20(18,19)15-14(17)12(2)3;/h12H,4-11H2,1-3H3,(H,15,17);1H. The van der Waals surface area contributed by atoms with Crippen molar-refractivity contribution in [2.45, 2.75) is 65.7 Å². The molecular formula is C14H29NO4S. The molecule has 0 aliphatic rings. The van der Waals surface area contributed by atoms with E-state index in [4.69, 9.17) is 0 Å². The maximum atomic E-state index is 11.6. The summed E-state index contributed by atoms with van der Waals surface area (Å²) in [6, 6.07) is 0. The van der Waals surface area contributed by atoms with E-state index in [-0.39, 0.29) is 18.9 Å². The van der Waals surface area contributed by atoms with Crippen LogP contribution in [0.2, 0.25) is 0 Å². The fraction of sp³-hybridized carbons (Fsp3) is 0.857. The molecule has 0 bridgehead atoms. The molecule has 0 heterocycles. The van der Waals surface area contributed by atoms with Gasteiger partial charge in [0.2, 0.25) is 15.9 Å². The van der Waals surface area contributed by atoms with E-state index in [9.17, 15) is 18.0 Å². The van der Waals surface area contributed by atoms with Gasteiger partial charge < -0.3 is 0 Å². The maximum Gasteiger partial charge on any atom is 0.235 e. The molecule has 0 aromatic rings. The van der Waals surface area contributed by atoms with E-state index in [1.165, 1.54) is 0 Å². The van der Waals surface area contributed by atoms with Crippen molar-refractivity contribution in [2.75, 3.05) is 5.75 Å². The van der Waals surface area contributed by atoms with Gasteiger partial charge in [0.05, 0.1) is 5.75 Å². The SMILES string of the molecule is CCC(=O)CCCCCCCS(=O)(=O)NC(=O)C(C)C.[HH]. The second-order valence-electron chi connectivity index (χ2n) is 5.35. The Morgan fingerprint density at radius 1 is 1.05 bits per heavy atom. The van der Waals surface area contributed by atoms with Gasteiger partial charge in [-0.05, 0) is 12.8 Å². The maximum absolute atomic E-state index is 11.6. The third-order valence-electron chi connectivity index (χ3n) is 3.04. The molecule has 0 fully saturated rings. The van der Waals surface area contributed by atoms with E-state index in [1.807, 2.05) is 6.92 Å². The highest BCUT2D eigenvalue weighted by atomic mass is 32.2. The molecule has 0 aromatic heterocycles. The smallest absolute Gasteiger partial charge is 0.235 e. The zero-order chi connectivity index (χ0) is 15.6. The average molecular weight is 307 g/mol. The third kappa shape index (κ3) is 9.95. The van der Waals surface area contributed by atoms with Crippen molar-refractivity contribution >= 4 is 21.7 Å². The van der Waals surface area contributed by atoms with Crippen LogP contribution in [0.15, 0.2) is 0 Å². The fourth-order valence-corrected chi connectivity index (χ4v) is 2.87. The predicted octanol–water partition coefficient (Wildman–Crippen LogP) is 2.65. The number of carbonyl (C=O) groups is 2. The Hall–Kier alpha value is -0.910. The number of amides is 1.